The lowest BCUT2D eigenvalue weighted by Gasteiger charge is -2.46. The summed E-state index contributed by atoms with van der Waals surface area (Å²) in [6.45, 7) is 3.05. The van der Waals surface area contributed by atoms with E-state index in [1.807, 2.05) is 43.3 Å². The number of aliphatic hydroxyl groups excluding tert-OH is 1. The van der Waals surface area contributed by atoms with E-state index in [9.17, 15) is 9.90 Å². The molecule has 2 aromatic rings. The molecule has 1 aliphatic heterocycles. The number of piperidine rings is 1. The zero-order valence-electron chi connectivity index (χ0n) is 17.1. The summed E-state index contributed by atoms with van der Waals surface area (Å²) >= 11 is 0. The molecule has 2 heterocycles. The summed E-state index contributed by atoms with van der Waals surface area (Å²) in [5.74, 6) is 1.34. The van der Waals surface area contributed by atoms with Crippen LogP contribution >= 0.6 is 0 Å². The summed E-state index contributed by atoms with van der Waals surface area (Å²) < 4.78 is 0. The summed E-state index contributed by atoms with van der Waals surface area (Å²) in [6.07, 6.45) is 6.70. The highest BCUT2D eigenvalue weighted by atomic mass is 16.3. The number of amides is 1. The quantitative estimate of drug-likeness (QED) is 0.815. The van der Waals surface area contributed by atoms with Crippen molar-refractivity contribution in [1.29, 1.82) is 0 Å². The molecular formula is C23H30N4O2. The summed E-state index contributed by atoms with van der Waals surface area (Å²) in [4.78, 5) is 23.5. The maximum Gasteiger partial charge on any atom is 0.221 e. The van der Waals surface area contributed by atoms with E-state index in [1.54, 1.807) is 6.33 Å². The molecule has 1 saturated carbocycles. The van der Waals surface area contributed by atoms with Crippen LogP contribution in [0.15, 0.2) is 42.7 Å². The van der Waals surface area contributed by atoms with E-state index < -0.39 is 11.6 Å². The molecular weight excluding hydrogens is 364 g/mol. The van der Waals surface area contributed by atoms with E-state index in [1.165, 1.54) is 12.8 Å². The van der Waals surface area contributed by atoms with Crippen molar-refractivity contribution in [2.75, 3.05) is 18.0 Å². The van der Waals surface area contributed by atoms with Crippen LogP contribution in [0, 0.1) is 12.8 Å². The molecule has 154 valence electrons. The number of carbonyl (C=O) groups excluding carboxylic acids is 1. The number of anilines is 1. The Hall–Kier alpha value is -2.47. The smallest absolute Gasteiger partial charge is 0.221 e. The fourth-order valence-corrected chi connectivity index (χ4v) is 4.82. The molecule has 6 heteroatoms. The maximum absolute atomic E-state index is 12.9. The van der Waals surface area contributed by atoms with Crippen LogP contribution in [0.4, 0.5) is 5.82 Å². The van der Waals surface area contributed by atoms with E-state index in [0.29, 0.717) is 31.8 Å². The Morgan fingerprint density at radius 3 is 2.69 bits per heavy atom. The van der Waals surface area contributed by atoms with Gasteiger partial charge in [-0.2, -0.15) is 0 Å². The van der Waals surface area contributed by atoms with Crippen molar-refractivity contribution in [2.45, 2.75) is 57.1 Å². The highest BCUT2D eigenvalue weighted by molar-refractivity contribution is 5.77. The van der Waals surface area contributed by atoms with Crippen molar-refractivity contribution in [3.8, 4) is 0 Å². The van der Waals surface area contributed by atoms with Gasteiger partial charge >= 0.3 is 0 Å². The number of aromatic nitrogens is 2. The van der Waals surface area contributed by atoms with Gasteiger partial charge in [-0.3, -0.25) is 4.79 Å². The van der Waals surface area contributed by atoms with Gasteiger partial charge < -0.3 is 15.3 Å². The average Bonchev–Trinajstić information content (AvgIpc) is 3.23. The molecule has 2 aliphatic rings. The molecule has 0 unspecified atom stereocenters. The van der Waals surface area contributed by atoms with Crippen molar-refractivity contribution in [2.24, 2.45) is 5.92 Å². The minimum absolute atomic E-state index is 0.0473. The van der Waals surface area contributed by atoms with E-state index in [4.69, 9.17) is 0 Å². The fourth-order valence-electron chi connectivity index (χ4n) is 4.82. The highest BCUT2D eigenvalue weighted by Gasteiger charge is 2.45. The number of β-amino-alcohol motifs (C(OH)–C–C–N with tert-alkyl or cyclic N) is 1. The predicted octanol–water partition coefficient (Wildman–Crippen LogP) is 2.95. The number of benzene rings is 1. The van der Waals surface area contributed by atoms with E-state index in [2.05, 4.69) is 20.2 Å². The van der Waals surface area contributed by atoms with Gasteiger partial charge in [-0.05, 0) is 37.7 Å². The van der Waals surface area contributed by atoms with Crippen LogP contribution in [0.1, 0.15) is 49.8 Å². The first-order valence-electron chi connectivity index (χ1n) is 10.6. The molecule has 2 atom stereocenters. The lowest BCUT2D eigenvalue weighted by molar-refractivity contribution is -0.126. The monoisotopic (exact) mass is 394 g/mol. The van der Waals surface area contributed by atoms with Gasteiger partial charge in [0.1, 0.15) is 12.1 Å². The van der Waals surface area contributed by atoms with Gasteiger partial charge in [-0.25, -0.2) is 9.97 Å². The molecule has 0 radical (unpaired) electrons. The van der Waals surface area contributed by atoms with Crippen LogP contribution in [-0.2, 0) is 10.3 Å². The minimum Gasteiger partial charge on any atom is -0.388 e. The third-order valence-corrected chi connectivity index (χ3v) is 6.45. The van der Waals surface area contributed by atoms with E-state index in [-0.39, 0.29) is 5.91 Å². The van der Waals surface area contributed by atoms with Crippen LogP contribution in [0.25, 0.3) is 0 Å². The molecule has 1 saturated heterocycles. The Kier molecular flexibility index (Phi) is 5.81. The molecule has 6 nitrogen and oxygen atoms in total. The second kappa shape index (κ2) is 8.49. The van der Waals surface area contributed by atoms with Crippen molar-refractivity contribution >= 4 is 11.7 Å². The largest absolute Gasteiger partial charge is 0.388 e. The molecule has 4 rings (SSSR count). The van der Waals surface area contributed by atoms with Crippen molar-refractivity contribution in [1.82, 2.24) is 15.3 Å². The second-order valence-electron chi connectivity index (χ2n) is 8.47. The zero-order chi connectivity index (χ0) is 20.3. The first-order chi connectivity index (χ1) is 14.1. The molecule has 1 aromatic heterocycles. The number of aliphatic hydroxyl groups is 1. The summed E-state index contributed by atoms with van der Waals surface area (Å²) in [5.41, 5.74) is 1.09. The Bertz CT molecular complexity index is 838. The Labute approximate surface area is 172 Å². The molecule has 2 fully saturated rings. The normalized spacial score (nSPS) is 25.2. The molecule has 0 bridgehead atoms. The molecule has 1 amide bonds. The third kappa shape index (κ3) is 4.27. The third-order valence-electron chi connectivity index (χ3n) is 6.45. The van der Waals surface area contributed by atoms with E-state index >= 15 is 0 Å². The number of hydrogen-bond acceptors (Lipinski definition) is 5. The van der Waals surface area contributed by atoms with Crippen LogP contribution in [0.2, 0.25) is 0 Å². The van der Waals surface area contributed by atoms with Gasteiger partial charge in [-0.15, -0.1) is 0 Å². The highest BCUT2D eigenvalue weighted by Crippen LogP contribution is 2.36. The lowest BCUT2D eigenvalue weighted by Crippen LogP contribution is -2.62. The standard InChI is InChI=1S/C23H30N4O2/c1-17-13-21(25-16-24-17)27-12-11-23(20(28)15-27,19-9-3-2-4-10-19)26-22(29)14-18-7-5-6-8-18/h2-4,9-10,13,16,18,20,28H,5-8,11-12,14-15H2,1H3,(H,26,29)/t20-,23+/m1/s1. The summed E-state index contributed by atoms with van der Waals surface area (Å²) in [6, 6.07) is 11.8. The second-order valence-corrected chi connectivity index (χ2v) is 8.47. The van der Waals surface area contributed by atoms with Crippen LogP contribution < -0.4 is 10.2 Å². The number of nitrogens with zero attached hydrogens (tertiary/aromatic N) is 3. The first-order valence-corrected chi connectivity index (χ1v) is 10.6. The van der Waals surface area contributed by atoms with Gasteiger partial charge in [0, 0.05) is 31.3 Å². The number of hydrogen-bond donors (Lipinski definition) is 2. The number of aryl methyl sites for hydroxylation is 1. The number of nitrogens with one attached hydrogen (secondary N) is 1. The van der Waals surface area contributed by atoms with Gasteiger partial charge in [-0.1, -0.05) is 43.2 Å². The fraction of sp³-hybridized carbons (Fsp3) is 0.522. The number of carbonyl (C=O) groups is 1. The predicted molar refractivity (Wildman–Crippen MR) is 112 cm³/mol. The molecule has 29 heavy (non-hydrogen) atoms. The summed E-state index contributed by atoms with van der Waals surface area (Å²) in [7, 11) is 0. The van der Waals surface area contributed by atoms with Crippen molar-refractivity contribution < 1.29 is 9.90 Å². The van der Waals surface area contributed by atoms with Gasteiger partial charge in [0.15, 0.2) is 0 Å². The topological polar surface area (TPSA) is 78.4 Å². The average molecular weight is 395 g/mol. The van der Waals surface area contributed by atoms with Crippen LogP contribution in [-0.4, -0.2) is 40.2 Å². The van der Waals surface area contributed by atoms with Gasteiger partial charge in [0.25, 0.3) is 0 Å². The molecule has 2 N–H and O–H groups in total. The first kappa shape index (κ1) is 19.8. The Morgan fingerprint density at radius 2 is 2.00 bits per heavy atom. The lowest BCUT2D eigenvalue weighted by atomic mass is 9.78. The summed E-state index contributed by atoms with van der Waals surface area (Å²) in [5, 5.41) is 14.5. The van der Waals surface area contributed by atoms with Crippen molar-refractivity contribution in [3.63, 3.8) is 0 Å². The van der Waals surface area contributed by atoms with Gasteiger partial charge in [0.2, 0.25) is 5.91 Å². The zero-order valence-corrected chi connectivity index (χ0v) is 17.1. The maximum atomic E-state index is 12.9. The molecule has 1 aromatic carbocycles. The van der Waals surface area contributed by atoms with Crippen molar-refractivity contribution in [3.05, 3.63) is 54.0 Å². The Balaban J connectivity index is 1.55. The Morgan fingerprint density at radius 1 is 1.24 bits per heavy atom. The minimum atomic E-state index is -0.768. The molecule has 1 aliphatic carbocycles. The van der Waals surface area contributed by atoms with Gasteiger partial charge in [0.05, 0.1) is 11.6 Å². The number of rotatable bonds is 5. The SMILES string of the molecule is Cc1cc(N2CC[C@](NC(=O)CC3CCCC3)(c3ccccc3)[C@H](O)C2)ncn1. The van der Waals surface area contributed by atoms with E-state index in [0.717, 1.165) is 29.9 Å². The van der Waals surface area contributed by atoms with Crippen LogP contribution in [0.5, 0.6) is 0 Å². The van der Waals surface area contributed by atoms with Crippen LogP contribution in [0.3, 0.4) is 0 Å². The molecule has 0 spiro atoms.